The van der Waals surface area contributed by atoms with E-state index in [1.54, 1.807) is 64.3 Å². The fourth-order valence-electron chi connectivity index (χ4n) is 3.66. The van der Waals surface area contributed by atoms with E-state index in [4.69, 9.17) is 9.47 Å². The average Bonchev–Trinajstić information content (AvgIpc) is 2.86. The second-order valence-electron chi connectivity index (χ2n) is 9.41. The van der Waals surface area contributed by atoms with Gasteiger partial charge in [0.05, 0.1) is 7.11 Å². The molecule has 0 bridgehead atoms. The Labute approximate surface area is 224 Å². The number of benzene rings is 2. The third-order valence-corrected chi connectivity index (χ3v) is 5.66. The lowest BCUT2D eigenvalue weighted by Crippen LogP contribution is -2.53. The number of carbonyl (C=O) groups is 3. The first-order valence-electron chi connectivity index (χ1n) is 12.1. The molecule has 2 aromatic carbocycles. The van der Waals surface area contributed by atoms with Crippen molar-refractivity contribution in [2.45, 2.75) is 51.8 Å². The lowest BCUT2D eigenvalue weighted by Gasteiger charge is -2.34. The van der Waals surface area contributed by atoms with Crippen molar-refractivity contribution in [3.05, 3.63) is 66.2 Å². The molecule has 200 valence electrons. The molecule has 3 amide bonds. The van der Waals surface area contributed by atoms with E-state index < -0.39 is 35.6 Å². The van der Waals surface area contributed by atoms with Crippen LogP contribution in [0.25, 0.3) is 6.08 Å². The summed E-state index contributed by atoms with van der Waals surface area (Å²) in [7, 11) is 1.56. The molecule has 0 spiro atoms. The van der Waals surface area contributed by atoms with Crippen LogP contribution in [0.1, 0.15) is 51.3 Å². The summed E-state index contributed by atoms with van der Waals surface area (Å²) in [6.45, 7) is 11.2. The van der Waals surface area contributed by atoms with E-state index in [0.29, 0.717) is 23.4 Å². The lowest BCUT2D eigenvalue weighted by molar-refractivity contribution is -0.140. The van der Waals surface area contributed by atoms with Gasteiger partial charge in [0.1, 0.15) is 23.4 Å². The molecule has 0 fully saturated rings. The minimum atomic E-state index is -0.997. The highest BCUT2D eigenvalue weighted by Gasteiger charge is 2.35. The van der Waals surface area contributed by atoms with Crippen LogP contribution in [0, 0.1) is 0 Å². The van der Waals surface area contributed by atoms with E-state index in [0.717, 1.165) is 5.56 Å². The van der Waals surface area contributed by atoms with Crippen molar-refractivity contribution in [1.82, 2.24) is 10.2 Å². The maximum Gasteiger partial charge on any atom is 0.408 e. The summed E-state index contributed by atoms with van der Waals surface area (Å²) in [6.07, 6.45) is 1.53. The Morgan fingerprint density at radius 1 is 1.14 bits per heavy atom. The Balaban J connectivity index is 2.45. The summed E-state index contributed by atoms with van der Waals surface area (Å²) in [4.78, 5) is 41.4. The molecule has 0 saturated carbocycles. The minimum Gasteiger partial charge on any atom is -0.497 e. The molecule has 0 aromatic heterocycles. The van der Waals surface area contributed by atoms with Crippen molar-refractivity contribution in [3.63, 3.8) is 0 Å². The molecule has 2 N–H and O–H groups in total. The molecule has 37 heavy (non-hydrogen) atoms. The van der Waals surface area contributed by atoms with Crippen molar-refractivity contribution in [2.24, 2.45) is 0 Å². The van der Waals surface area contributed by atoms with Gasteiger partial charge in [0.15, 0.2) is 0 Å². The van der Waals surface area contributed by atoms with Gasteiger partial charge in [-0.2, -0.15) is 12.6 Å². The summed E-state index contributed by atoms with van der Waals surface area (Å²) in [6, 6.07) is 12.2. The molecule has 0 aliphatic carbocycles. The summed E-state index contributed by atoms with van der Waals surface area (Å²) >= 11 is 4.30. The zero-order valence-electron chi connectivity index (χ0n) is 22.1. The number of thiol groups is 1. The number of amides is 3. The Bertz CT molecular complexity index is 1080. The van der Waals surface area contributed by atoms with Gasteiger partial charge in [0, 0.05) is 18.0 Å². The molecule has 2 unspecified atom stereocenters. The molecule has 0 radical (unpaired) electrons. The Morgan fingerprint density at radius 3 is 2.35 bits per heavy atom. The molecule has 0 aliphatic rings. The van der Waals surface area contributed by atoms with Gasteiger partial charge in [0.25, 0.3) is 5.91 Å². The normalized spacial score (nSPS) is 12.6. The van der Waals surface area contributed by atoms with Gasteiger partial charge >= 0.3 is 6.09 Å². The van der Waals surface area contributed by atoms with Gasteiger partial charge < -0.3 is 25.0 Å². The predicted octanol–water partition coefficient (Wildman–Crippen LogP) is 5.08. The number of hydrogen-bond acceptors (Lipinski definition) is 6. The second kappa shape index (κ2) is 13.7. The highest BCUT2D eigenvalue weighted by molar-refractivity contribution is 7.80. The minimum absolute atomic E-state index is 0.0256. The van der Waals surface area contributed by atoms with Gasteiger partial charge in [-0.25, -0.2) is 4.79 Å². The number of methoxy groups -OCH3 is 1. The molecule has 0 aliphatic heterocycles. The highest BCUT2D eigenvalue weighted by Crippen LogP contribution is 2.26. The molecule has 9 heteroatoms. The molecular weight excluding hydrogens is 490 g/mol. The Hall–Kier alpha value is -3.46. The molecule has 8 nitrogen and oxygen atoms in total. The van der Waals surface area contributed by atoms with Crippen LogP contribution in [0.3, 0.4) is 0 Å². The van der Waals surface area contributed by atoms with Gasteiger partial charge in [-0.05, 0) is 68.7 Å². The number of ether oxygens (including phenoxy) is 2. The summed E-state index contributed by atoms with van der Waals surface area (Å²) in [5.74, 6) is -0.163. The van der Waals surface area contributed by atoms with Crippen LogP contribution in [-0.4, -0.2) is 53.9 Å². The van der Waals surface area contributed by atoms with E-state index in [1.165, 1.54) is 4.90 Å². The SMILES string of the molecule is C=Cc1cccc(C(C(=O)Nc2ccc(OC)cc2)N(CCC)C(=O)C(CS)NC(=O)OC(C)(C)C)c1. The zero-order valence-corrected chi connectivity index (χ0v) is 23.0. The van der Waals surface area contributed by atoms with Crippen LogP contribution in [0.2, 0.25) is 0 Å². The maximum atomic E-state index is 13.8. The molecule has 2 aromatic rings. The van der Waals surface area contributed by atoms with E-state index in [9.17, 15) is 14.4 Å². The van der Waals surface area contributed by atoms with Gasteiger partial charge in [0.2, 0.25) is 5.91 Å². The quantitative estimate of drug-likeness (QED) is 0.354. The first-order chi connectivity index (χ1) is 17.5. The Kier molecular flexibility index (Phi) is 11.1. The van der Waals surface area contributed by atoms with Crippen LogP contribution >= 0.6 is 12.6 Å². The second-order valence-corrected chi connectivity index (χ2v) is 9.77. The van der Waals surface area contributed by atoms with E-state index >= 15 is 0 Å². The average molecular weight is 528 g/mol. The van der Waals surface area contributed by atoms with Crippen LogP contribution in [0.5, 0.6) is 5.75 Å². The first kappa shape index (κ1) is 29.8. The van der Waals surface area contributed by atoms with Crippen LogP contribution in [0.4, 0.5) is 10.5 Å². The van der Waals surface area contributed by atoms with Crippen LogP contribution in [0.15, 0.2) is 55.1 Å². The lowest BCUT2D eigenvalue weighted by atomic mass is 10.00. The fraction of sp³-hybridized carbons (Fsp3) is 0.393. The molecule has 2 rings (SSSR count). The standard InChI is InChI=1S/C28H37N3O5S/c1-7-16-31(26(33)23(18-37)30-27(34)36-28(3,4)5)24(20-11-9-10-19(8-2)17-20)25(32)29-21-12-14-22(35-6)15-13-21/h8-15,17,23-24,37H,2,7,16,18H2,1,3-6H3,(H,29,32)(H,30,34). The van der Waals surface area contributed by atoms with Crippen molar-refractivity contribution in [3.8, 4) is 5.75 Å². The summed E-state index contributed by atoms with van der Waals surface area (Å²) in [5.41, 5.74) is 1.24. The van der Waals surface area contributed by atoms with Crippen LogP contribution in [-0.2, 0) is 14.3 Å². The largest absolute Gasteiger partial charge is 0.497 e. The molecular formula is C28H37N3O5S. The number of hydrogen-bond donors (Lipinski definition) is 3. The van der Waals surface area contributed by atoms with Gasteiger partial charge in [-0.3, -0.25) is 9.59 Å². The van der Waals surface area contributed by atoms with Crippen molar-refractivity contribution in [1.29, 1.82) is 0 Å². The topological polar surface area (TPSA) is 97.0 Å². The maximum absolute atomic E-state index is 13.8. The third-order valence-electron chi connectivity index (χ3n) is 5.30. The first-order valence-corrected chi connectivity index (χ1v) is 12.7. The monoisotopic (exact) mass is 527 g/mol. The van der Waals surface area contributed by atoms with E-state index in [2.05, 4.69) is 29.8 Å². The number of nitrogens with zero attached hydrogens (tertiary/aromatic N) is 1. The van der Waals surface area contributed by atoms with Crippen molar-refractivity contribution < 1.29 is 23.9 Å². The molecule has 2 atom stereocenters. The smallest absolute Gasteiger partial charge is 0.408 e. The van der Waals surface area contributed by atoms with Crippen LogP contribution < -0.4 is 15.4 Å². The van der Waals surface area contributed by atoms with Gasteiger partial charge in [-0.1, -0.05) is 37.8 Å². The predicted molar refractivity (Wildman–Crippen MR) is 150 cm³/mol. The molecule has 0 heterocycles. The zero-order chi connectivity index (χ0) is 27.6. The number of anilines is 1. The summed E-state index contributed by atoms with van der Waals surface area (Å²) in [5, 5.41) is 5.51. The third kappa shape index (κ3) is 8.86. The fourth-order valence-corrected chi connectivity index (χ4v) is 3.90. The highest BCUT2D eigenvalue weighted by atomic mass is 32.1. The van der Waals surface area contributed by atoms with Crippen molar-refractivity contribution in [2.75, 3.05) is 24.7 Å². The Morgan fingerprint density at radius 2 is 1.81 bits per heavy atom. The van der Waals surface area contributed by atoms with E-state index in [-0.39, 0.29) is 12.3 Å². The van der Waals surface area contributed by atoms with Gasteiger partial charge in [-0.15, -0.1) is 0 Å². The number of rotatable bonds is 11. The number of alkyl carbamates (subject to hydrolysis) is 1. The molecule has 0 saturated heterocycles. The number of carbonyl (C=O) groups excluding carboxylic acids is 3. The summed E-state index contributed by atoms with van der Waals surface area (Å²) < 4.78 is 10.5. The van der Waals surface area contributed by atoms with E-state index in [1.807, 2.05) is 25.1 Å². The van der Waals surface area contributed by atoms with Crippen molar-refractivity contribution >= 4 is 42.3 Å². The number of nitrogens with one attached hydrogen (secondary N) is 2.